The Morgan fingerprint density at radius 3 is 2.77 bits per heavy atom. The standard InChI is InChI=1S/C10H9ClN2/c1-7-6-8(2-3-9(7)11)10-4-5-12-13-10/h2-6H,1H3,(H,12,13). The quantitative estimate of drug-likeness (QED) is 0.739. The van der Waals surface area contributed by atoms with Crippen LogP contribution in [0.2, 0.25) is 5.02 Å². The minimum absolute atomic E-state index is 0.795. The van der Waals surface area contributed by atoms with Crippen molar-refractivity contribution in [1.29, 1.82) is 0 Å². The van der Waals surface area contributed by atoms with Crippen LogP contribution in [0, 0.1) is 6.92 Å². The Morgan fingerprint density at radius 1 is 1.31 bits per heavy atom. The van der Waals surface area contributed by atoms with Gasteiger partial charge in [0.25, 0.3) is 0 Å². The normalized spacial score (nSPS) is 10.3. The molecule has 0 spiro atoms. The zero-order valence-electron chi connectivity index (χ0n) is 7.21. The molecular weight excluding hydrogens is 184 g/mol. The number of H-pyrrole nitrogens is 1. The lowest BCUT2D eigenvalue weighted by atomic mass is 10.1. The summed E-state index contributed by atoms with van der Waals surface area (Å²) in [7, 11) is 0. The highest BCUT2D eigenvalue weighted by Crippen LogP contribution is 2.22. The Bertz CT molecular complexity index is 407. The first-order chi connectivity index (χ1) is 6.27. The van der Waals surface area contributed by atoms with Crippen LogP contribution >= 0.6 is 11.6 Å². The SMILES string of the molecule is Cc1cc(-c2ccn[nH]2)ccc1Cl. The number of nitrogens with zero attached hydrogens (tertiary/aromatic N) is 1. The van der Waals surface area contributed by atoms with E-state index in [-0.39, 0.29) is 0 Å². The lowest BCUT2D eigenvalue weighted by Crippen LogP contribution is -1.80. The van der Waals surface area contributed by atoms with Crippen LogP contribution in [0.3, 0.4) is 0 Å². The number of nitrogens with one attached hydrogen (secondary N) is 1. The second kappa shape index (κ2) is 3.23. The summed E-state index contributed by atoms with van der Waals surface area (Å²) >= 11 is 5.92. The van der Waals surface area contributed by atoms with Crippen LogP contribution in [0.5, 0.6) is 0 Å². The topological polar surface area (TPSA) is 28.7 Å². The fourth-order valence-electron chi connectivity index (χ4n) is 1.23. The van der Waals surface area contributed by atoms with Gasteiger partial charge in [-0.2, -0.15) is 5.10 Å². The largest absolute Gasteiger partial charge is 0.278 e. The number of hydrogen-bond acceptors (Lipinski definition) is 1. The number of aryl methyl sites for hydroxylation is 1. The van der Waals surface area contributed by atoms with E-state index in [2.05, 4.69) is 10.2 Å². The van der Waals surface area contributed by atoms with Gasteiger partial charge in [-0.15, -0.1) is 0 Å². The maximum atomic E-state index is 5.92. The molecule has 0 atom stereocenters. The molecule has 13 heavy (non-hydrogen) atoms. The van der Waals surface area contributed by atoms with Crippen LogP contribution in [0.4, 0.5) is 0 Å². The fourth-order valence-corrected chi connectivity index (χ4v) is 1.35. The molecule has 0 aliphatic carbocycles. The van der Waals surface area contributed by atoms with E-state index in [9.17, 15) is 0 Å². The van der Waals surface area contributed by atoms with E-state index < -0.39 is 0 Å². The number of aromatic nitrogens is 2. The average molecular weight is 193 g/mol. The van der Waals surface area contributed by atoms with Crippen molar-refractivity contribution in [2.45, 2.75) is 6.92 Å². The third-order valence-electron chi connectivity index (χ3n) is 1.97. The van der Waals surface area contributed by atoms with Gasteiger partial charge in [0.05, 0.1) is 5.69 Å². The first-order valence-electron chi connectivity index (χ1n) is 4.03. The molecule has 0 aliphatic heterocycles. The molecular formula is C10H9ClN2. The van der Waals surface area contributed by atoms with Gasteiger partial charge in [-0.25, -0.2) is 0 Å². The average Bonchev–Trinajstić information content (AvgIpc) is 2.62. The summed E-state index contributed by atoms with van der Waals surface area (Å²) in [5, 5.41) is 7.59. The summed E-state index contributed by atoms with van der Waals surface area (Å²) in [6.45, 7) is 1.99. The molecule has 0 saturated carbocycles. The number of rotatable bonds is 1. The van der Waals surface area contributed by atoms with Crippen molar-refractivity contribution in [3.8, 4) is 11.3 Å². The van der Waals surface area contributed by atoms with Gasteiger partial charge >= 0.3 is 0 Å². The van der Waals surface area contributed by atoms with E-state index in [4.69, 9.17) is 11.6 Å². The van der Waals surface area contributed by atoms with E-state index in [1.807, 2.05) is 31.2 Å². The van der Waals surface area contributed by atoms with Gasteiger partial charge < -0.3 is 0 Å². The van der Waals surface area contributed by atoms with E-state index in [0.717, 1.165) is 21.8 Å². The lowest BCUT2D eigenvalue weighted by Gasteiger charge is -2.00. The first kappa shape index (κ1) is 8.32. The van der Waals surface area contributed by atoms with Crippen molar-refractivity contribution in [1.82, 2.24) is 10.2 Å². The summed E-state index contributed by atoms with van der Waals surface area (Å²) < 4.78 is 0. The molecule has 0 unspecified atom stereocenters. The summed E-state index contributed by atoms with van der Waals surface area (Å²) in [6, 6.07) is 7.84. The number of hydrogen-bond donors (Lipinski definition) is 1. The van der Waals surface area contributed by atoms with Crippen molar-refractivity contribution < 1.29 is 0 Å². The van der Waals surface area contributed by atoms with E-state index in [0.29, 0.717) is 0 Å². The molecule has 0 fully saturated rings. The second-order valence-electron chi connectivity index (χ2n) is 2.93. The van der Waals surface area contributed by atoms with Gasteiger partial charge in [0.2, 0.25) is 0 Å². The Labute approximate surface area is 81.6 Å². The van der Waals surface area contributed by atoms with Crippen molar-refractivity contribution in [2.24, 2.45) is 0 Å². The Hall–Kier alpha value is -1.28. The smallest absolute Gasteiger partial charge is 0.0650 e. The number of benzene rings is 1. The molecule has 0 saturated heterocycles. The molecule has 0 amide bonds. The second-order valence-corrected chi connectivity index (χ2v) is 3.34. The Kier molecular flexibility index (Phi) is 2.07. The highest BCUT2D eigenvalue weighted by Gasteiger charge is 2.00. The maximum Gasteiger partial charge on any atom is 0.0650 e. The zero-order valence-corrected chi connectivity index (χ0v) is 7.97. The molecule has 2 nitrogen and oxygen atoms in total. The van der Waals surface area contributed by atoms with Crippen molar-refractivity contribution in [2.75, 3.05) is 0 Å². The summed E-state index contributed by atoms with van der Waals surface area (Å²) in [5.74, 6) is 0. The van der Waals surface area contributed by atoms with Gasteiger partial charge in [-0.3, -0.25) is 5.10 Å². The van der Waals surface area contributed by atoms with Crippen molar-refractivity contribution in [3.63, 3.8) is 0 Å². The molecule has 0 bridgehead atoms. The molecule has 3 heteroatoms. The van der Waals surface area contributed by atoms with E-state index >= 15 is 0 Å². The molecule has 2 rings (SSSR count). The summed E-state index contributed by atoms with van der Waals surface area (Å²) in [4.78, 5) is 0. The van der Waals surface area contributed by atoms with Gasteiger partial charge in [0.1, 0.15) is 0 Å². The van der Waals surface area contributed by atoms with Crippen LogP contribution in [0.15, 0.2) is 30.5 Å². The van der Waals surface area contributed by atoms with Gasteiger partial charge in [0, 0.05) is 11.2 Å². The molecule has 1 aromatic heterocycles. The fraction of sp³-hybridized carbons (Fsp3) is 0.100. The maximum absolute atomic E-state index is 5.92. The molecule has 2 aromatic rings. The van der Waals surface area contributed by atoms with Crippen molar-refractivity contribution >= 4 is 11.6 Å². The van der Waals surface area contributed by atoms with Crippen LogP contribution in [0.25, 0.3) is 11.3 Å². The Morgan fingerprint density at radius 2 is 2.15 bits per heavy atom. The number of halogens is 1. The van der Waals surface area contributed by atoms with Crippen LogP contribution in [-0.4, -0.2) is 10.2 Å². The van der Waals surface area contributed by atoms with Crippen molar-refractivity contribution in [3.05, 3.63) is 41.0 Å². The first-order valence-corrected chi connectivity index (χ1v) is 4.41. The summed E-state index contributed by atoms with van der Waals surface area (Å²) in [5.41, 5.74) is 3.20. The highest BCUT2D eigenvalue weighted by molar-refractivity contribution is 6.31. The molecule has 0 radical (unpaired) electrons. The van der Waals surface area contributed by atoms with Crippen LogP contribution < -0.4 is 0 Å². The van der Waals surface area contributed by atoms with E-state index in [1.165, 1.54) is 0 Å². The predicted molar refractivity (Wildman–Crippen MR) is 53.8 cm³/mol. The minimum Gasteiger partial charge on any atom is -0.278 e. The Balaban J connectivity index is 2.49. The monoisotopic (exact) mass is 192 g/mol. The lowest BCUT2D eigenvalue weighted by molar-refractivity contribution is 1.09. The molecule has 1 aromatic carbocycles. The third-order valence-corrected chi connectivity index (χ3v) is 2.39. The zero-order chi connectivity index (χ0) is 9.26. The minimum atomic E-state index is 0.795. The molecule has 1 heterocycles. The highest BCUT2D eigenvalue weighted by atomic mass is 35.5. The molecule has 0 aliphatic rings. The number of aromatic amines is 1. The molecule has 66 valence electrons. The van der Waals surface area contributed by atoms with E-state index in [1.54, 1.807) is 6.20 Å². The van der Waals surface area contributed by atoms with Crippen LogP contribution in [0.1, 0.15) is 5.56 Å². The molecule has 1 N–H and O–H groups in total. The van der Waals surface area contributed by atoms with Crippen LogP contribution in [-0.2, 0) is 0 Å². The summed E-state index contributed by atoms with van der Waals surface area (Å²) in [6.07, 6.45) is 1.74. The predicted octanol–water partition coefficient (Wildman–Crippen LogP) is 3.04. The van der Waals surface area contributed by atoms with Gasteiger partial charge in [-0.1, -0.05) is 17.7 Å². The van der Waals surface area contributed by atoms with Gasteiger partial charge in [-0.05, 0) is 36.2 Å². The third kappa shape index (κ3) is 1.58. The van der Waals surface area contributed by atoms with Gasteiger partial charge in [0.15, 0.2) is 0 Å².